The number of likely N-dealkylation sites (tertiary alicyclic amines) is 1. The third-order valence-electron chi connectivity index (χ3n) is 2.14. The molecule has 1 heterocycles. The zero-order chi connectivity index (χ0) is 10.1. The summed E-state index contributed by atoms with van der Waals surface area (Å²) in [6, 6.07) is 0. The second kappa shape index (κ2) is 3.57. The molecular weight excluding hydrogens is 184 g/mol. The van der Waals surface area contributed by atoms with Crippen LogP contribution in [-0.2, 0) is 4.79 Å². The van der Waals surface area contributed by atoms with E-state index < -0.39 is 25.2 Å². The third kappa shape index (κ3) is 3.26. The van der Waals surface area contributed by atoms with Gasteiger partial charge in [0.05, 0.1) is 5.92 Å². The molecule has 1 saturated heterocycles. The molecule has 0 saturated carbocycles. The van der Waals surface area contributed by atoms with Crippen LogP contribution in [0.3, 0.4) is 0 Å². The van der Waals surface area contributed by atoms with Crippen LogP contribution in [0.4, 0.5) is 12.9 Å². The van der Waals surface area contributed by atoms with E-state index in [0.29, 0.717) is 13.0 Å². The van der Waals surface area contributed by atoms with Gasteiger partial charge in [-0.25, -0.2) is 0 Å². The second-order valence-electron chi connectivity index (χ2n) is 3.36. The van der Waals surface area contributed by atoms with Gasteiger partial charge in [0.15, 0.2) is 0 Å². The lowest BCUT2D eigenvalue weighted by Gasteiger charge is -2.22. The highest BCUT2D eigenvalue weighted by Gasteiger charge is 2.32. The molecule has 1 fully saturated rings. The molecule has 1 rings (SSSR count). The van der Waals surface area contributed by atoms with Crippen molar-refractivity contribution in [3.05, 3.63) is 0 Å². The van der Waals surface area contributed by atoms with Crippen molar-refractivity contribution in [1.29, 1.82) is 0 Å². The van der Waals surface area contributed by atoms with Crippen molar-refractivity contribution in [2.24, 2.45) is 11.7 Å². The summed E-state index contributed by atoms with van der Waals surface area (Å²) in [5.74, 6) is -0.907. The van der Waals surface area contributed by atoms with E-state index in [1.807, 2.05) is 0 Å². The van der Waals surface area contributed by atoms with Crippen LogP contribution in [0.2, 0.25) is 0 Å². The van der Waals surface area contributed by atoms with Crippen LogP contribution in [-0.4, -0.2) is 37.3 Å². The SMILES string of the molecule is NC(=O)C1CCN(C[B-](F)(F)F)C1. The number of halogens is 3. The number of carbonyl (C=O) groups is 1. The Morgan fingerprint density at radius 3 is 2.54 bits per heavy atom. The summed E-state index contributed by atoms with van der Waals surface area (Å²) >= 11 is 0. The average Bonchev–Trinajstić information content (AvgIpc) is 2.31. The number of hydrogen-bond donors (Lipinski definition) is 1. The van der Waals surface area contributed by atoms with Gasteiger partial charge in [0, 0.05) is 6.54 Å². The summed E-state index contributed by atoms with van der Waals surface area (Å²) in [5, 5.41) is 0. The number of amides is 1. The molecule has 2 N–H and O–H groups in total. The van der Waals surface area contributed by atoms with Gasteiger partial charge >= 0.3 is 6.98 Å². The van der Waals surface area contributed by atoms with Crippen molar-refractivity contribution in [3.63, 3.8) is 0 Å². The molecule has 0 aromatic carbocycles. The van der Waals surface area contributed by atoms with E-state index in [1.54, 1.807) is 0 Å². The molecule has 1 aliphatic rings. The van der Waals surface area contributed by atoms with Crippen LogP contribution in [0.25, 0.3) is 0 Å². The van der Waals surface area contributed by atoms with Gasteiger partial charge in [-0.15, -0.1) is 0 Å². The maximum absolute atomic E-state index is 11.9. The number of rotatable bonds is 3. The van der Waals surface area contributed by atoms with Gasteiger partial charge in [-0.2, -0.15) is 0 Å². The summed E-state index contributed by atoms with van der Waals surface area (Å²) in [7, 11) is 0. The first-order valence-corrected chi connectivity index (χ1v) is 4.11. The lowest BCUT2D eigenvalue weighted by atomic mass is 9.91. The van der Waals surface area contributed by atoms with Crippen LogP contribution in [0, 0.1) is 5.92 Å². The van der Waals surface area contributed by atoms with E-state index in [0.717, 1.165) is 0 Å². The Bertz CT molecular complexity index is 209. The van der Waals surface area contributed by atoms with Crippen LogP contribution < -0.4 is 5.73 Å². The fourth-order valence-electron chi connectivity index (χ4n) is 1.52. The Balaban J connectivity index is 2.38. The molecule has 0 spiro atoms. The Morgan fingerprint density at radius 2 is 2.15 bits per heavy atom. The Kier molecular flexibility index (Phi) is 2.85. The van der Waals surface area contributed by atoms with Gasteiger partial charge < -0.3 is 23.6 Å². The smallest absolute Gasteiger partial charge is 0.448 e. The molecule has 0 radical (unpaired) electrons. The summed E-state index contributed by atoms with van der Waals surface area (Å²) < 4.78 is 35.8. The Morgan fingerprint density at radius 1 is 1.54 bits per heavy atom. The largest absolute Gasteiger partial charge is 0.492 e. The van der Waals surface area contributed by atoms with Gasteiger partial charge in [-0.3, -0.25) is 4.79 Å². The standard InChI is InChI=1S/C6H11BF3N2O/c8-7(9,10)4-12-2-1-5(3-12)6(11)13/h5H,1-4H2,(H2,11,13)/q-1. The normalized spacial score (nSPS) is 25.0. The van der Waals surface area contributed by atoms with Crippen molar-refractivity contribution in [3.8, 4) is 0 Å². The lowest BCUT2D eigenvalue weighted by Crippen LogP contribution is -2.37. The number of hydrogen-bond acceptors (Lipinski definition) is 2. The van der Waals surface area contributed by atoms with Crippen molar-refractivity contribution >= 4 is 12.9 Å². The molecule has 1 amide bonds. The summed E-state index contributed by atoms with van der Waals surface area (Å²) in [6.07, 6.45) is -0.439. The van der Waals surface area contributed by atoms with Crippen molar-refractivity contribution in [1.82, 2.24) is 4.90 Å². The molecule has 3 nitrogen and oxygen atoms in total. The number of primary amides is 1. The highest BCUT2D eigenvalue weighted by molar-refractivity contribution is 6.58. The average molecular weight is 195 g/mol. The van der Waals surface area contributed by atoms with Gasteiger partial charge in [0.1, 0.15) is 0 Å². The molecular formula is C6H11BF3N2O-. The lowest BCUT2D eigenvalue weighted by molar-refractivity contribution is -0.121. The highest BCUT2D eigenvalue weighted by Crippen LogP contribution is 2.19. The van der Waals surface area contributed by atoms with Crippen molar-refractivity contribution in [2.75, 3.05) is 19.5 Å². The van der Waals surface area contributed by atoms with Gasteiger partial charge in [-0.05, 0) is 19.4 Å². The van der Waals surface area contributed by atoms with Crippen molar-refractivity contribution in [2.45, 2.75) is 6.42 Å². The third-order valence-corrected chi connectivity index (χ3v) is 2.14. The Labute approximate surface area is 74.1 Å². The summed E-state index contributed by atoms with van der Waals surface area (Å²) in [5.41, 5.74) is 4.98. The van der Waals surface area contributed by atoms with Crippen LogP contribution in [0.15, 0.2) is 0 Å². The summed E-state index contributed by atoms with van der Waals surface area (Å²) in [4.78, 5) is 11.9. The maximum Gasteiger partial charge on any atom is 0.492 e. The van der Waals surface area contributed by atoms with E-state index in [4.69, 9.17) is 5.73 Å². The highest BCUT2D eigenvalue weighted by atomic mass is 19.4. The molecule has 1 unspecified atom stereocenters. The minimum atomic E-state index is -4.78. The van der Waals surface area contributed by atoms with E-state index >= 15 is 0 Å². The summed E-state index contributed by atoms with van der Waals surface area (Å²) in [6.45, 7) is -4.32. The fourth-order valence-corrected chi connectivity index (χ4v) is 1.52. The molecule has 0 aromatic rings. The van der Waals surface area contributed by atoms with Crippen LogP contribution in [0.1, 0.15) is 6.42 Å². The Hall–Kier alpha value is -0.715. The fraction of sp³-hybridized carbons (Fsp3) is 0.833. The molecule has 0 aliphatic carbocycles. The molecule has 1 aliphatic heterocycles. The maximum atomic E-state index is 11.9. The molecule has 76 valence electrons. The van der Waals surface area contributed by atoms with Crippen LogP contribution in [0.5, 0.6) is 0 Å². The zero-order valence-corrected chi connectivity index (χ0v) is 7.05. The zero-order valence-electron chi connectivity index (χ0n) is 7.05. The molecule has 0 bridgehead atoms. The molecule has 13 heavy (non-hydrogen) atoms. The van der Waals surface area contributed by atoms with Gasteiger partial charge in [-0.1, -0.05) is 0 Å². The first kappa shape index (κ1) is 10.4. The van der Waals surface area contributed by atoms with E-state index in [-0.39, 0.29) is 6.54 Å². The van der Waals surface area contributed by atoms with E-state index in [2.05, 4.69) is 0 Å². The second-order valence-corrected chi connectivity index (χ2v) is 3.36. The topological polar surface area (TPSA) is 46.3 Å². The predicted molar refractivity (Wildman–Crippen MR) is 42.8 cm³/mol. The first-order chi connectivity index (χ1) is 5.88. The van der Waals surface area contributed by atoms with Gasteiger partial charge in [0.25, 0.3) is 0 Å². The van der Waals surface area contributed by atoms with E-state index in [1.165, 1.54) is 4.90 Å². The molecule has 1 atom stereocenters. The number of nitrogens with zero attached hydrogens (tertiary/aromatic N) is 1. The van der Waals surface area contributed by atoms with E-state index in [9.17, 15) is 17.7 Å². The number of carbonyl (C=O) groups excluding carboxylic acids is 1. The monoisotopic (exact) mass is 195 g/mol. The van der Waals surface area contributed by atoms with Gasteiger partial charge in [0.2, 0.25) is 5.91 Å². The minimum absolute atomic E-state index is 0.149. The first-order valence-electron chi connectivity index (χ1n) is 4.11. The van der Waals surface area contributed by atoms with Crippen molar-refractivity contribution < 1.29 is 17.7 Å². The quantitative estimate of drug-likeness (QED) is 0.653. The predicted octanol–water partition coefficient (Wildman–Crippen LogP) is 0.180. The van der Waals surface area contributed by atoms with Crippen LogP contribution >= 0.6 is 0 Å². The minimum Gasteiger partial charge on any atom is -0.448 e. The number of nitrogens with two attached hydrogens (primary N) is 1. The molecule has 0 aromatic heterocycles. The molecule has 7 heteroatoms.